The number of fused-ring (bicyclic) bond motifs is 1. The van der Waals surface area contributed by atoms with E-state index >= 15 is 0 Å². The molecule has 0 radical (unpaired) electrons. The summed E-state index contributed by atoms with van der Waals surface area (Å²) in [6.07, 6.45) is 6.94. The molecule has 0 bridgehead atoms. The van der Waals surface area contributed by atoms with Gasteiger partial charge in [0.2, 0.25) is 0 Å². The van der Waals surface area contributed by atoms with Crippen molar-refractivity contribution in [3.05, 3.63) is 108 Å². The largest absolute Gasteiger partial charge is 0.236 e. The highest BCUT2D eigenvalue weighted by Gasteiger charge is 2.08. The highest BCUT2D eigenvalue weighted by atomic mass is 19.2. The monoisotopic (exact) mass is 414 g/mol. The molecule has 0 aliphatic heterocycles. The zero-order chi connectivity index (χ0) is 21.8. The minimum atomic E-state index is -0.899. The van der Waals surface area contributed by atoms with E-state index in [1.807, 2.05) is 6.08 Å². The summed E-state index contributed by atoms with van der Waals surface area (Å²) >= 11 is 0. The molecular weight excluding hydrogens is 397 g/mol. The summed E-state index contributed by atoms with van der Waals surface area (Å²) in [6, 6.07) is 11.9. The normalized spacial score (nSPS) is 10.5. The topological polar surface area (TPSA) is 25.8 Å². The van der Waals surface area contributed by atoms with Crippen molar-refractivity contribution in [3.8, 4) is 23.2 Å². The lowest BCUT2D eigenvalue weighted by molar-refractivity contribution is 0.517. The Kier molecular flexibility index (Phi) is 5.81. The summed E-state index contributed by atoms with van der Waals surface area (Å²) in [4.78, 5) is 8.61. The number of aryl methyl sites for hydroxylation is 1. The van der Waals surface area contributed by atoms with Gasteiger partial charge in [0.1, 0.15) is 5.82 Å². The zero-order valence-electron chi connectivity index (χ0n) is 16.5. The molecule has 0 saturated carbocycles. The van der Waals surface area contributed by atoms with E-state index in [0.29, 0.717) is 22.3 Å². The number of aromatic nitrogens is 2. The molecule has 0 unspecified atom stereocenters. The molecule has 1 aromatic heterocycles. The fourth-order valence-corrected chi connectivity index (χ4v) is 3.14. The number of hydrogen-bond acceptors (Lipinski definition) is 2. The van der Waals surface area contributed by atoms with Gasteiger partial charge in [0.15, 0.2) is 17.5 Å². The lowest BCUT2D eigenvalue weighted by atomic mass is 10.1. The molecule has 5 heteroatoms. The van der Waals surface area contributed by atoms with Gasteiger partial charge < -0.3 is 0 Å². The summed E-state index contributed by atoms with van der Waals surface area (Å²) in [5.74, 6) is 3.81. The summed E-state index contributed by atoms with van der Waals surface area (Å²) in [6.45, 7) is 3.69. The minimum absolute atomic E-state index is 0.177. The van der Waals surface area contributed by atoms with Crippen LogP contribution < -0.4 is 0 Å². The summed E-state index contributed by atoms with van der Waals surface area (Å²) < 4.78 is 41.7. The van der Waals surface area contributed by atoms with Crippen LogP contribution in [-0.2, 0) is 6.42 Å². The second kappa shape index (κ2) is 8.85. The van der Waals surface area contributed by atoms with E-state index in [0.717, 1.165) is 24.5 Å². The second-order valence-electron chi connectivity index (χ2n) is 6.98. The van der Waals surface area contributed by atoms with Crippen molar-refractivity contribution < 1.29 is 13.2 Å². The number of halogens is 3. The fourth-order valence-electron chi connectivity index (χ4n) is 3.14. The predicted molar refractivity (Wildman–Crippen MR) is 116 cm³/mol. The SMILES string of the molecule is C=CCCc1cnc(-c2ccc(C#Cc3ccc4c(F)c(F)ccc4c3)c(F)c2)nc1. The Bertz CT molecular complexity index is 1330. The first-order valence-corrected chi connectivity index (χ1v) is 9.66. The minimum Gasteiger partial charge on any atom is -0.236 e. The van der Waals surface area contributed by atoms with Crippen LogP contribution in [0.2, 0.25) is 0 Å². The van der Waals surface area contributed by atoms with Crippen molar-refractivity contribution >= 4 is 10.8 Å². The van der Waals surface area contributed by atoms with Gasteiger partial charge >= 0.3 is 0 Å². The molecule has 0 atom stereocenters. The fraction of sp³-hybridized carbons (Fsp3) is 0.0769. The molecule has 0 saturated heterocycles. The molecular formula is C26H17F3N2. The first-order chi connectivity index (χ1) is 15.0. The van der Waals surface area contributed by atoms with Gasteiger partial charge in [-0.1, -0.05) is 30.0 Å². The third-order valence-electron chi connectivity index (χ3n) is 4.82. The van der Waals surface area contributed by atoms with Gasteiger partial charge in [0.05, 0.1) is 5.56 Å². The second-order valence-corrected chi connectivity index (χ2v) is 6.98. The molecule has 4 aromatic rings. The van der Waals surface area contributed by atoms with Gasteiger partial charge in [-0.05, 0) is 60.2 Å². The Morgan fingerprint density at radius 1 is 0.871 bits per heavy atom. The van der Waals surface area contributed by atoms with Crippen molar-refractivity contribution in [1.29, 1.82) is 0 Å². The molecule has 0 N–H and O–H groups in total. The number of allylic oxidation sites excluding steroid dienone is 1. The van der Waals surface area contributed by atoms with E-state index < -0.39 is 17.5 Å². The Morgan fingerprint density at radius 3 is 2.42 bits per heavy atom. The first kappa shape index (κ1) is 20.4. The standard InChI is InChI=1S/C26H17F3N2/c1-2-3-4-18-15-30-26(31-16-18)21-9-8-19(24(28)14-21)7-5-17-6-11-22-20(13-17)10-12-23(27)25(22)29/h2,6,8-16H,1,3-4H2. The van der Waals surface area contributed by atoms with Crippen molar-refractivity contribution in [2.24, 2.45) is 0 Å². The number of benzene rings is 3. The molecule has 152 valence electrons. The average Bonchev–Trinajstić information content (AvgIpc) is 2.79. The van der Waals surface area contributed by atoms with Crippen LogP contribution in [-0.4, -0.2) is 9.97 Å². The maximum absolute atomic E-state index is 14.6. The molecule has 0 amide bonds. The maximum atomic E-state index is 14.6. The number of rotatable bonds is 4. The Labute approximate surface area is 178 Å². The van der Waals surface area contributed by atoms with Crippen LogP contribution in [0.15, 0.2) is 73.6 Å². The van der Waals surface area contributed by atoms with E-state index in [1.54, 1.807) is 36.7 Å². The van der Waals surface area contributed by atoms with E-state index in [1.165, 1.54) is 18.2 Å². The van der Waals surface area contributed by atoms with Crippen LogP contribution in [0.5, 0.6) is 0 Å². The van der Waals surface area contributed by atoms with Gasteiger partial charge in [-0.3, -0.25) is 0 Å². The Hall–Kier alpha value is -3.91. The third kappa shape index (κ3) is 4.49. The molecule has 0 spiro atoms. The molecule has 0 fully saturated rings. The van der Waals surface area contributed by atoms with Crippen molar-refractivity contribution in [2.75, 3.05) is 0 Å². The van der Waals surface area contributed by atoms with Crippen molar-refractivity contribution in [3.63, 3.8) is 0 Å². The van der Waals surface area contributed by atoms with Gasteiger partial charge in [-0.25, -0.2) is 23.1 Å². The molecule has 31 heavy (non-hydrogen) atoms. The summed E-state index contributed by atoms with van der Waals surface area (Å²) in [5.41, 5.74) is 2.34. The predicted octanol–water partition coefficient (Wildman–Crippen LogP) is 6.23. The van der Waals surface area contributed by atoms with Gasteiger partial charge in [0.25, 0.3) is 0 Å². The summed E-state index contributed by atoms with van der Waals surface area (Å²) in [7, 11) is 0. The molecule has 4 rings (SSSR count). The summed E-state index contributed by atoms with van der Waals surface area (Å²) in [5, 5.41) is 0.701. The van der Waals surface area contributed by atoms with Crippen LogP contribution in [0.1, 0.15) is 23.1 Å². The Balaban J connectivity index is 1.57. The van der Waals surface area contributed by atoms with Crippen LogP contribution in [0.3, 0.4) is 0 Å². The smallest absolute Gasteiger partial charge is 0.166 e. The van der Waals surface area contributed by atoms with Gasteiger partial charge in [-0.2, -0.15) is 0 Å². The maximum Gasteiger partial charge on any atom is 0.166 e. The van der Waals surface area contributed by atoms with Crippen LogP contribution in [0.4, 0.5) is 13.2 Å². The highest BCUT2D eigenvalue weighted by Crippen LogP contribution is 2.22. The highest BCUT2D eigenvalue weighted by molar-refractivity contribution is 5.84. The molecule has 0 aliphatic carbocycles. The lowest BCUT2D eigenvalue weighted by Crippen LogP contribution is -1.94. The van der Waals surface area contributed by atoms with E-state index in [2.05, 4.69) is 28.4 Å². The number of nitrogens with zero attached hydrogens (tertiary/aromatic N) is 2. The lowest BCUT2D eigenvalue weighted by Gasteiger charge is -2.03. The number of hydrogen-bond donors (Lipinski definition) is 0. The molecule has 2 nitrogen and oxygen atoms in total. The van der Waals surface area contributed by atoms with Gasteiger partial charge in [-0.15, -0.1) is 6.58 Å². The molecule has 0 aliphatic rings. The van der Waals surface area contributed by atoms with Crippen LogP contribution in [0, 0.1) is 29.3 Å². The zero-order valence-corrected chi connectivity index (χ0v) is 16.5. The third-order valence-corrected chi connectivity index (χ3v) is 4.82. The first-order valence-electron chi connectivity index (χ1n) is 9.66. The van der Waals surface area contributed by atoms with Crippen LogP contribution in [0.25, 0.3) is 22.2 Å². The van der Waals surface area contributed by atoms with Crippen molar-refractivity contribution in [2.45, 2.75) is 12.8 Å². The molecule has 3 aromatic carbocycles. The quantitative estimate of drug-likeness (QED) is 0.292. The van der Waals surface area contributed by atoms with E-state index in [-0.39, 0.29) is 10.9 Å². The van der Waals surface area contributed by atoms with E-state index in [4.69, 9.17) is 0 Å². The average molecular weight is 414 g/mol. The van der Waals surface area contributed by atoms with E-state index in [9.17, 15) is 13.2 Å². The van der Waals surface area contributed by atoms with Crippen LogP contribution >= 0.6 is 0 Å². The van der Waals surface area contributed by atoms with Crippen molar-refractivity contribution in [1.82, 2.24) is 9.97 Å². The Morgan fingerprint density at radius 2 is 1.68 bits per heavy atom. The molecule has 1 heterocycles. The van der Waals surface area contributed by atoms with Gasteiger partial charge in [0, 0.05) is 28.9 Å².